The van der Waals surface area contributed by atoms with E-state index in [0.29, 0.717) is 25.9 Å². The van der Waals surface area contributed by atoms with Gasteiger partial charge in [-0.3, -0.25) is 9.59 Å². The molecule has 0 aromatic heterocycles. The van der Waals surface area contributed by atoms with E-state index in [1.165, 1.54) is 11.1 Å². The van der Waals surface area contributed by atoms with E-state index in [1.807, 2.05) is 36.4 Å². The van der Waals surface area contributed by atoms with Crippen molar-refractivity contribution in [3.05, 3.63) is 70.8 Å². The van der Waals surface area contributed by atoms with E-state index in [-0.39, 0.29) is 0 Å². The van der Waals surface area contributed by atoms with Crippen molar-refractivity contribution >= 4 is 12.8 Å². The van der Waals surface area contributed by atoms with Crippen LogP contribution in [0.25, 0.3) is 0 Å². The number of hydrogen-bond donors (Lipinski definition) is 2. The van der Waals surface area contributed by atoms with Crippen LogP contribution in [-0.2, 0) is 29.1 Å². The summed E-state index contributed by atoms with van der Waals surface area (Å²) in [5.41, 5.74) is 4.54. The summed E-state index contributed by atoms with van der Waals surface area (Å²) in [4.78, 5) is 20.9. The van der Waals surface area contributed by atoms with Crippen molar-refractivity contribution in [2.24, 2.45) is 0 Å². The lowest BCUT2D eigenvalue weighted by Crippen LogP contribution is -2.13. The number of benzene rings is 2. The van der Waals surface area contributed by atoms with E-state index < -0.39 is 0 Å². The fourth-order valence-corrected chi connectivity index (χ4v) is 2.31. The summed E-state index contributed by atoms with van der Waals surface area (Å²) < 4.78 is 0. The van der Waals surface area contributed by atoms with Crippen LogP contribution in [0.2, 0.25) is 0 Å². The molecule has 0 saturated carbocycles. The first kappa shape index (κ1) is 14.8. The lowest BCUT2D eigenvalue weighted by atomic mass is 9.96. The van der Waals surface area contributed by atoms with Gasteiger partial charge in [0.1, 0.15) is 0 Å². The molecule has 0 heterocycles. The predicted octanol–water partition coefficient (Wildman–Crippen LogP) is 1.77. The van der Waals surface area contributed by atoms with Gasteiger partial charge in [-0.05, 0) is 28.7 Å². The van der Waals surface area contributed by atoms with Crippen LogP contribution in [0.15, 0.2) is 48.5 Å². The zero-order chi connectivity index (χ0) is 14.9. The van der Waals surface area contributed by atoms with E-state index >= 15 is 0 Å². The Morgan fingerprint density at radius 1 is 0.667 bits per heavy atom. The van der Waals surface area contributed by atoms with Crippen LogP contribution in [0.5, 0.6) is 0 Å². The number of rotatable bonds is 8. The Balaban J connectivity index is 2.21. The largest absolute Gasteiger partial charge is 0.355 e. The number of hydrogen-bond acceptors (Lipinski definition) is 2. The highest BCUT2D eigenvalue weighted by Crippen LogP contribution is 2.17. The fraction of sp³-hybridized carbons (Fsp3) is 0.176. The monoisotopic (exact) mass is 282 g/mol. The maximum Gasteiger partial charge on any atom is 0.207 e. The lowest BCUT2D eigenvalue weighted by Gasteiger charge is -2.12. The molecule has 108 valence electrons. The summed E-state index contributed by atoms with van der Waals surface area (Å²) in [6, 6.07) is 16.1. The molecular weight excluding hydrogens is 264 g/mol. The lowest BCUT2D eigenvalue weighted by molar-refractivity contribution is -0.110. The molecule has 21 heavy (non-hydrogen) atoms. The van der Waals surface area contributed by atoms with Crippen molar-refractivity contribution in [1.82, 2.24) is 10.6 Å². The Morgan fingerprint density at radius 2 is 1.05 bits per heavy atom. The van der Waals surface area contributed by atoms with Gasteiger partial charge in [-0.15, -0.1) is 0 Å². The fourth-order valence-electron chi connectivity index (χ4n) is 2.31. The average molecular weight is 282 g/mol. The molecule has 4 heteroatoms. The van der Waals surface area contributed by atoms with Gasteiger partial charge in [-0.2, -0.15) is 0 Å². The normalized spacial score (nSPS) is 9.90. The highest BCUT2D eigenvalue weighted by Gasteiger charge is 2.06. The van der Waals surface area contributed by atoms with Gasteiger partial charge in [0.25, 0.3) is 0 Å². The van der Waals surface area contributed by atoms with Gasteiger partial charge >= 0.3 is 0 Å². The van der Waals surface area contributed by atoms with Gasteiger partial charge in [-0.25, -0.2) is 0 Å². The summed E-state index contributed by atoms with van der Waals surface area (Å²) >= 11 is 0. The van der Waals surface area contributed by atoms with E-state index in [1.54, 1.807) is 0 Å². The summed E-state index contributed by atoms with van der Waals surface area (Å²) in [5, 5.41) is 5.40. The van der Waals surface area contributed by atoms with Crippen molar-refractivity contribution in [1.29, 1.82) is 0 Å². The van der Waals surface area contributed by atoms with Crippen molar-refractivity contribution < 1.29 is 9.59 Å². The quantitative estimate of drug-likeness (QED) is 0.725. The first-order chi connectivity index (χ1) is 10.3. The first-order valence-electron chi connectivity index (χ1n) is 6.82. The second-order valence-corrected chi connectivity index (χ2v) is 4.71. The molecule has 0 aliphatic carbocycles. The van der Waals surface area contributed by atoms with Crippen molar-refractivity contribution in [2.75, 3.05) is 0 Å². The van der Waals surface area contributed by atoms with Crippen LogP contribution >= 0.6 is 0 Å². The zero-order valence-electron chi connectivity index (χ0n) is 11.7. The molecule has 0 aliphatic heterocycles. The van der Waals surface area contributed by atoms with Crippen molar-refractivity contribution in [3.8, 4) is 0 Å². The summed E-state index contributed by atoms with van der Waals surface area (Å²) in [6.45, 7) is 1.04. The highest BCUT2D eigenvalue weighted by atomic mass is 16.1. The van der Waals surface area contributed by atoms with Gasteiger partial charge in [0.05, 0.1) is 0 Å². The molecule has 2 aromatic carbocycles. The molecule has 2 amide bonds. The molecule has 4 nitrogen and oxygen atoms in total. The van der Waals surface area contributed by atoms with Gasteiger partial charge in [-0.1, -0.05) is 48.5 Å². The van der Waals surface area contributed by atoms with Crippen LogP contribution < -0.4 is 10.6 Å². The molecule has 0 aliphatic rings. The third kappa shape index (κ3) is 4.18. The molecule has 0 fully saturated rings. The summed E-state index contributed by atoms with van der Waals surface area (Å²) in [5.74, 6) is 0. The minimum absolute atomic E-state index is 0.522. The number of nitrogens with one attached hydrogen (secondary N) is 2. The number of amides is 2. The maximum atomic E-state index is 10.5. The second kappa shape index (κ2) is 7.85. The van der Waals surface area contributed by atoms with Gasteiger partial charge < -0.3 is 10.6 Å². The van der Waals surface area contributed by atoms with Gasteiger partial charge in [0, 0.05) is 13.1 Å². The van der Waals surface area contributed by atoms with Crippen LogP contribution in [-0.4, -0.2) is 12.8 Å². The Labute approximate surface area is 124 Å². The summed E-state index contributed by atoms with van der Waals surface area (Å²) in [6.07, 6.45) is 2.19. The van der Waals surface area contributed by atoms with Gasteiger partial charge in [0.15, 0.2) is 0 Å². The molecular formula is C17H18N2O2. The Kier molecular flexibility index (Phi) is 5.52. The third-order valence-corrected chi connectivity index (χ3v) is 3.37. The Hall–Kier alpha value is -2.62. The third-order valence-electron chi connectivity index (χ3n) is 3.37. The molecule has 0 bridgehead atoms. The molecule has 2 N–H and O–H groups in total. The van der Waals surface area contributed by atoms with Crippen LogP contribution in [0.1, 0.15) is 22.3 Å². The highest BCUT2D eigenvalue weighted by molar-refractivity contribution is 5.48. The SMILES string of the molecule is O=CNCc1ccccc1Cc1ccccc1CNC=O. The molecule has 2 rings (SSSR count). The van der Waals surface area contributed by atoms with Crippen LogP contribution in [0.4, 0.5) is 0 Å². The minimum Gasteiger partial charge on any atom is -0.355 e. The van der Waals surface area contributed by atoms with E-state index in [2.05, 4.69) is 22.8 Å². The standard InChI is InChI=1S/C17H18N2O2/c20-12-18-10-16-7-3-1-5-14(16)9-15-6-2-4-8-17(15)11-19-13-21/h1-8,12-13H,9-11H2,(H,18,20)(H,19,21). The molecule has 2 aromatic rings. The smallest absolute Gasteiger partial charge is 0.207 e. The van der Waals surface area contributed by atoms with E-state index in [0.717, 1.165) is 17.5 Å². The Morgan fingerprint density at radius 3 is 1.43 bits per heavy atom. The molecule has 0 saturated heterocycles. The zero-order valence-corrected chi connectivity index (χ0v) is 11.7. The van der Waals surface area contributed by atoms with Crippen LogP contribution in [0, 0.1) is 0 Å². The molecule has 0 atom stereocenters. The topological polar surface area (TPSA) is 58.2 Å². The molecule has 0 spiro atoms. The summed E-state index contributed by atoms with van der Waals surface area (Å²) in [7, 11) is 0. The van der Waals surface area contributed by atoms with Crippen molar-refractivity contribution in [3.63, 3.8) is 0 Å². The molecule has 0 radical (unpaired) electrons. The maximum absolute atomic E-state index is 10.5. The molecule has 0 unspecified atom stereocenters. The first-order valence-corrected chi connectivity index (χ1v) is 6.82. The van der Waals surface area contributed by atoms with Crippen LogP contribution in [0.3, 0.4) is 0 Å². The average Bonchev–Trinajstić information content (AvgIpc) is 2.53. The number of carbonyl (C=O) groups excluding carboxylic acids is 2. The van der Waals surface area contributed by atoms with Crippen molar-refractivity contribution in [2.45, 2.75) is 19.5 Å². The second-order valence-electron chi connectivity index (χ2n) is 4.71. The Bertz CT molecular complexity index is 558. The van der Waals surface area contributed by atoms with E-state index in [4.69, 9.17) is 0 Å². The van der Waals surface area contributed by atoms with Gasteiger partial charge in [0.2, 0.25) is 12.8 Å². The minimum atomic E-state index is 0.522. The predicted molar refractivity (Wildman–Crippen MR) is 81.5 cm³/mol. The van der Waals surface area contributed by atoms with E-state index in [9.17, 15) is 9.59 Å². The number of carbonyl (C=O) groups is 2.